The summed E-state index contributed by atoms with van der Waals surface area (Å²) in [6.07, 6.45) is 2.32. The molecule has 38 heavy (non-hydrogen) atoms. The number of anilines is 1. The van der Waals surface area contributed by atoms with Crippen molar-refractivity contribution in [2.75, 3.05) is 38.1 Å². The van der Waals surface area contributed by atoms with Crippen molar-refractivity contribution in [3.8, 4) is 11.4 Å². The topological polar surface area (TPSA) is 108 Å². The maximum Gasteiger partial charge on any atom is 0.309 e. The molecule has 2 heterocycles. The Labute approximate surface area is 224 Å². The van der Waals surface area contributed by atoms with Gasteiger partial charge in [-0.1, -0.05) is 0 Å². The van der Waals surface area contributed by atoms with Gasteiger partial charge in [0.25, 0.3) is 0 Å². The summed E-state index contributed by atoms with van der Waals surface area (Å²) in [5, 5.41) is 0. The smallest absolute Gasteiger partial charge is 0.309 e. The highest BCUT2D eigenvalue weighted by atomic mass is 32.2. The van der Waals surface area contributed by atoms with E-state index in [1.165, 1.54) is 5.69 Å². The van der Waals surface area contributed by atoms with Crippen LogP contribution in [0.15, 0.2) is 47.4 Å². The Kier molecular flexibility index (Phi) is 7.74. The summed E-state index contributed by atoms with van der Waals surface area (Å²) in [7, 11) is -1.56. The second-order valence-corrected chi connectivity index (χ2v) is 12.5. The molecule has 2 N–H and O–H groups in total. The van der Waals surface area contributed by atoms with Crippen LogP contribution in [0.2, 0.25) is 0 Å². The summed E-state index contributed by atoms with van der Waals surface area (Å²) in [4.78, 5) is 25.1. The van der Waals surface area contributed by atoms with Gasteiger partial charge in [0, 0.05) is 43.5 Å². The molecule has 2 aromatic carbocycles. The van der Waals surface area contributed by atoms with Crippen molar-refractivity contribution in [3.63, 3.8) is 0 Å². The van der Waals surface area contributed by atoms with Crippen LogP contribution in [0.1, 0.15) is 39.5 Å². The largest absolute Gasteiger partial charge is 0.463 e. The Hall–Kier alpha value is -2.95. The number of likely N-dealkylation sites (N-methyl/N-ethyl adjacent to an activating group) is 1. The lowest BCUT2D eigenvalue weighted by Crippen LogP contribution is -2.44. The number of rotatable bonds is 7. The highest BCUT2D eigenvalue weighted by Gasteiger charge is 2.30. The van der Waals surface area contributed by atoms with Gasteiger partial charge < -0.3 is 19.5 Å². The zero-order valence-electron chi connectivity index (χ0n) is 22.3. The van der Waals surface area contributed by atoms with Crippen LogP contribution in [0, 0.1) is 5.92 Å². The molecule has 2 fully saturated rings. The molecule has 9 nitrogen and oxygen atoms in total. The minimum atomic E-state index is -3.71. The second kappa shape index (κ2) is 11.0. The number of piperazine rings is 1. The number of ether oxygens (including phenoxy) is 1. The Morgan fingerprint density at radius 2 is 1.71 bits per heavy atom. The lowest BCUT2D eigenvalue weighted by molar-refractivity contribution is -0.153. The molecule has 0 amide bonds. The van der Waals surface area contributed by atoms with E-state index in [-0.39, 0.29) is 28.9 Å². The Morgan fingerprint density at radius 1 is 1.03 bits per heavy atom. The quantitative estimate of drug-likeness (QED) is 0.440. The zero-order chi connectivity index (χ0) is 26.9. The Morgan fingerprint density at radius 3 is 2.37 bits per heavy atom. The number of H-pyrrole nitrogens is 1. The van der Waals surface area contributed by atoms with Gasteiger partial charge in [-0.2, -0.15) is 0 Å². The number of carbonyl (C=O) groups is 1. The first kappa shape index (κ1) is 26.6. The summed E-state index contributed by atoms with van der Waals surface area (Å²) in [5.74, 6) is 0.364. The molecule has 1 aliphatic heterocycles. The maximum absolute atomic E-state index is 13.1. The minimum absolute atomic E-state index is 0.141. The summed E-state index contributed by atoms with van der Waals surface area (Å²) in [6, 6.07) is 13.1. The summed E-state index contributed by atoms with van der Waals surface area (Å²) in [5.41, 5.74) is 3.54. The Balaban J connectivity index is 1.24. The number of sulfonamides is 1. The van der Waals surface area contributed by atoms with Gasteiger partial charge in [0.1, 0.15) is 5.82 Å². The molecule has 0 radical (unpaired) electrons. The molecule has 1 aliphatic carbocycles. The van der Waals surface area contributed by atoms with Crippen LogP contribution in [0.5, 0.6) is 0 Å². The van der Waals surface area contributed by atoms with Gasteiger partial charge in [0.15, 0.2) is 0 Å². The number of aromatic amines is 1. The number of nitrogens with zero attached hydrogens (tertiary/aromatic N) is 3. The number of fused-ring (bicyclic) bond motifs is 1. The molecule has 2 aliphatic rings. The van der Waals surface area contributed by atoms with Crippen molar-refractivity contribution in [2.24, 2.45) is 5.92 Å². The molecule has 0 spiro atoms. The average molecular weight is 540 g/mol. The number of hydrogen-bond donors (Lipinski definition) is 2. The van der Waals surface area contributed by atoms with E-state index in [0.717, 1.165) is 31.7 Å². The standard InChI is InChI=1S/C28H37N5O4S/c1-19(2)37-28(34)21-4-8-22(9-5-21)31-38(35,36)24-12-13-25-26(18-24)30-27(29-25)20-6-10-23(11-7-20)33-16-14-32(3)15-17-33/h6-7,10-13,18-19,21-22,31H,4-5,8-9,14-17H2,1-3H3,(H,29,30). The van der Waals surface area contributed by atoms with Crippen LogP contribution in [-0.2, 0) is 19.6 Å². The predicted molar refractivity (Wildman–Crippen MR) is 149 cm³/mol. The van der Waals surface area contributed by atoms with Crippen molar-refractivity contribution in [1.82, 2.24) is 19.6 Å². The van der Waals surface area contributed by atoms with Gasteiger partial charge in [-0.25, -0.2) is 18.1 Å². The van der Waals surface area contributed by atoms with Crippen LogP contribution in [-0.4, -0.2) is 74.6 Å². The molecule has 1 saturated carbocycles. The molecule has 3 aromatic rings. The van der Waals surface area contributed by atoms with E-state index in [2.05, 4.69) is 55.8 Å². The normalized spacial score (nSPS) is 21.2. The monoisotopic (exact) mass is 539 g/mol. The minimum Gasteiger partial charge on any atom is -0.463 e. The predicted octanol–water partition coefficient (Wildman–Crippen LogP) is 3.77. The highest BCUT2D eigenvalue weighted by Crippen LogP contribution is 2.28. The van der Waals surface area contributed by atoms with E-state index < -0.39 is 10.0 Å². The third-order valence-electron chi connectivity index (χ3n) is 7.51. The van der Waals surface area contributed by atoms with E-state index in [0.29, 0.717) is 42.5 Å². The first-order valence-electron chi connectivity index (χ1n) is 13.4. The molecule has 10 heteroatoms. The fraction of sp³-hybridized carbons (Fsp3) is 0.500. The first-order valence-corrected chi connectivity index (χ1v) is 14.9. The number of esters is 1. The molecule has 204 valence electrons. The number of hydrogen-bond acceptors (Lipinski definition) is 7. The number of carbonyl (C=O) groups excluding carboxylic acids is 1. The van der Waals surface area contributed by atoms with E-state index in [4.69, 9.17) is 4.74 Å². The van der Waals surface area contributed by atoms with Gasteiger partial charge in [-0.3, -0.25) is 4.79 Å². The van der Waals surface area contributed by atoms with Crippen molar-refractivity contribution in [3.05, 3.63) is 42.5 Å². The van der Waals surface area contributed by atoms with Crippen LogP contribution in [0.3, 0.4) is 0 Å². The molecular weight excluding hydrogens is 502 g/mol. The zero-order valence-corrected chi connectivity index (χ0v) is 23.1. The lowest BCUT2D eigenvalue weighted by Gasteiger charge is -2.34. The lowest BCUT2D eigenvalue weighted by atomic mass is 9.86. The molecule has 0 bridgehead atoms. The summed E-state index contributed by atoms with van der Waals surface area (Å²) >= 11 is 0. The molecule has 1 aromatic heterocycles. The van der Waals surface area contributed by atoms with Crippen molar-refractivity contribution >= 4 is 32.7 Å². The number of aromatic nitrogens is 2. The fourth-order valence-electron chi connectivity index (χ4n) is 5.25. The summed E-state index contributed by atoms with van der Waals surface area (Å²) < 4.78 is 34.4. The molecule has 1 saturated heterocycles. The van der Waals surface area contributed by atoms with E-state index in [1.807, 2.05) is 13.8 Å². The van der Waals surface area contributed by atoms with E-state index in [1.54, 1.807) is 18.2 Å². The van der Waals surface area contributed by atoms with Crippen molar-refractivity contribution in [1.29, 1.82) is 0 Å². The SMILES string of the molecule is CC(C)OC(=O)C1CCC(NS(=O)(=O)c2ccc3nc(-c4ccc(N5CCN(C)CC5)cc4)[nH]c3c2)CC1. The second-order valence-electron chi connectivity index (χ2n) is 10.8. The Bertz CT molecular complexity index is 1370. The van der Waals surface area contributed by atoms with Gasteiger partial charge in [0.05, 0.1) is 28.0 Å². The average Bonchev–Trinajstić information content (AvgIpc) is 3.33. The number of benzene rings is 2. The number of nitrogens with one attached hydrogen (secondary N) is 2. The van der Waals surface area contributed by atoms with Gasteiger partial charge in [-0.05, 0) is 89.0 Å². The molecular formula is C28H37N5O4S. The third-order valence-corrected chi connectivity index (χ3v) is 9.03. The van der Waals surface area contributed by atoms with Gasteiger partial charge in [0.2, 0.25) is 10.0 Å². The highest BCUT2D eigenvalue weighted by molar-refractivity contribution is 7.89. The van der Waals surface area contributed by atoms with Crippen LogP contribution in [0.25, 0.3) is 22.4 Å². The van der Waals surface area contributed by atoms with E-state index >= 15 is 0 Å². The number of imidazole rings is 1. The van der Waals surface area contributed by atoms with E-state index in [9.17, 15) is 13.2 Å². The van der Waals surface area contributed by atoms with Crippen LogP contribution >= 0.6 is 0 Å². The maximum atomic E-state index is 13.1. The fourth-order valence-corrected chi connectivity index (χ4v) is 6.58. The van der Waals surface area contributed by atoms with Crippen LogP contribution in [0.4, 0.5) is 5.69 Å². The van der Waals surface area contributed by atoms with Crippen LogP contribution < -0.4 is 9.62 Å². The summed E-state index contributed by atoms with van der Waals surface area (Å²) in [6.45, 7) is 7.81. The van der Waals surface area contributed by atoms with Gasteiger partial charge in [-0.15, -0.1) is 0 Å². The molecule has 0 unspecified atom stereocenters. The first-order chi connectivity index (χ1) is 18.2. The molecule has 0 atom stereocenters. The third kappa shape index (κ3) is 6.03. The van der Waals surface area contributed by atoms with Crippen molar-refractivity contribution in [2.45, 2.75) is 56.6 Å². The van der Waals surface area contributed by atoms with Crippen molar-refractivity contribution < 1.29 is 17.9 Å². The van der Waals surface area contributed by atoms with Gasteiger partial charge >= 0.3 is 5.97 Å². The molecule has 5 rings (SSSR count).